The van der Waals surface area contributed by atoms with Gasteiger partial charge in [0.2, 0.25) is 0 Å². The van der Waals surface area contributed by atoms with Gasteiger partial charge in [0.05, 0.1) is 11.0 Å². The van der Waals surface area contributed by atoms with E-state index in [4.69, 9.17) is 4.74 Å². The number of nitrogens with one attached hydrogen (secondary N) is 1. The molecule has 5 rings (SSSR count). The Morgan fingerprint density at radius 3 is 2.95 bits per heavy atom. The van der Waals surface area contributed by atoms with Crippen LogP contribution in [0.1, 0.15) is 30.4 Å². The smallest absolute Gasteiger partial charge is 0.174 e. The number of aliphatic hydroxyl groups is 1. The third-order valence-corrected chi connectivity index (χ3v) is 6.08. The van der Waals surface area contributed by atoms with Crippen LogP contribution in [0.2, 0.25) is 0 Å². The topological polar surface area (TPSA) is 78.8 Å². The molecule has 0 unspecified atom stereocenters. The molecule has 2 aliphatic carbocycles. The van der Waals surface area contributed by atoms with Crippen LogP contribution in [0.5, 0.6) is 11.5 Å². The van der Waals surface area contributed by atoms with Crippen LogP contribution in [0.25, 0.3) is 0 Å². The number of aromatic hydroxyl groups is 1. The Morgan fingerprint density at radius 1 is 1.32 bits per heavy atom. The predicted molar refractivity (Wildman–Crippen MR) is 80.8 cm³/mol. The summed E-state index contributed by atoms with van der Waals surface area (Å²) in [5.74, 6) is 0.542. The number of rotatable bonds is 0. The van der Waals surface area contributed by atoms with Gasteiger partial charge in [-0.25, -0.2) is 0 Å². The van der Waals surface area contributed by atoms with Gasteiger partial charge in [-0.05, 0) is 37.4 Å². The Morgan fingerprint density at radius 2 is 2.14 bits per heavy atom. The lowest BCUT2D eigenvalue weighted by Crippen LogP contribution is -2.76. The highest BCUT2D eigenvalue weighted by Gasteiger charge is 2.71. The fourth-order valence-electron chi connectivity index (χ4n) is 5.22. The van der Waals surface area contributed by atoms with E-state index >= 15 is 0 Å². The summed E-state index contributed by atoms with van der Waals surface area (Å²) in [7, 11) is 0. The molecular weight excluding hydrogens is 306 g/mol. The molecule has 2 fully saturated rings. The lowest BCUT2D eigenvalue weighted by atomic mass is 9.49. The van der Waals surface area contributed by atoms with Crippen molar-refractivity contribution in [3.8, 4) is 11.5 Å². The number of carbonyl (C=O) groups is 1. The van der Waals surface area contributed by atoms with Gasteiger partial charge in [0, 0.05) is 18.0 Å². The molecule has 4 atom stereocenters. The number of Topliss-reactive ketones (excluding diaryl/α,β-unsaturated/α-hetero) is 1. The van der Waals surface area contributed by atoms with Crippen molar-refractivity contribution in [2.24, 2.45) is 0 Å². The lowest BCUT2D eigenvalue weighted by Gasteiger charge is -2.59. The Balaban J connectivity index is 0.00000125. The summed E-state index contributed by atoms with van der Waals surface area (Å²) in [6.45, 7) is 0.759. The van der Waals surface area contributed by atoms with E-state index in [0.717, 1.165) is 17.7 Å². The maximum absolute atomic E-state index is 12.4. The average molecular weight is 324 g/mol. The second-order valence-corrected chi connectivity index (χ2v) is 6.77. The van der Waals surface area contributed by atoms with Crippen LogP contribution < -0.4 is 10.1 Å². The van der Waals surface area contributed by atoms with Gasteiger partial charge in [0.25, 0.3) is 0 Å². The second-order valence-electron chi connectivity index (χ2n) is 6.77. The zero-order valence-electron chi connectivity index (χ0n) is 12.0. The molecule has 1 spiro atoms. The van der Waals surface area contributed by atoms with E-state index in [9.17, 15) is 15.0 Å². The zero-order valence-corrected chi connectivity index (χ0v) is 12.8. The van der Waals surface area contributed by atoms with Crippen molar-refractivity contribution >= 4 is 18.2 Å². The van der Waals surface area contributed by atoms with Crippen LogP contribution in [0, 0.1) is 0 Å². The first kappa shape index (κ1) is 14.3. The fourth-order valence-corrected chi connectivity index (χ4v) is 5.22. The van der Waals surface area contributed by atoms with Gasteiger partial charge >= 0.3 is 0 Å². The van der Waals surface area contributed by atoms with E-state index in [-0.39, 0.29) is 30.0 Å². The van der Waals surface area contributed by atoms with Crippen molar-refractivity contribution in [1.82, 2.24) is 5.32 Å². The standard InChI is InChI=1S/C16H17NO4.ClH/c18-9-2-1-8-7-11-16(20)4-3-10(19)14-15(16,5-6-17-11)12(8)13(9)21-14;/h1-2,11,14,17-18,20H,3-7H2;1H/t11-,14+,15+,16-;/m1./s1. The summed E-state index contributed by atoms with van der Waals surface area (Å²) in [5.41, 5.74) is 0.332. The van der Waals surface area contributed by atoms with Gasteiger partial charge < -0.3 is 20.3 Å². The molecule has 2 bridgehead atoms. The van der Waals surface area contributed by atoms with Gasteiger partial charge in [0.15, 0.2) is 23.4 Å². The second kappa shape index (κ2) is 4.16. The maximum atomic E-state index is 12.4. The summed E-state index contributed by atoms with van der Waals surface area (Å²) in [6.07, 6.45) is 1.54. The normalized spacial score (nSPS) is 40.5. The van der Waals surface area contributed by atoms with Crippen LogP contribution in [0.3, 0.4) is 0 Å². The number of halogens is 1. The summed E-state index contributed by atoms with van der Waals surface area (Å²) < 4.78 is 5.90. The number of ether oxygens (including phenoxy) is 1. The van der Waals surface area contributed by atoms with E-state index in [1.807, 2.05) is 6.07 Å². The highest BCUT2D eigenvalue weighted by molar-refractivity contribution is 5.90. The molecule has 1 saturated carbocycles. The van der Waals surface area contributed by atoms with Crippen LogP contribution in [-0.2, 0) is 16.6 Å². The number of benzene rings is 1. The quantitative estimate of drug-likeness (QED) is 0.659. The summed E-state index contributed by atoms with van der Waals surface area (Å²) in [6, 6.07) is 3.49. The van der Waals surface area contributed by atoms with Gasteiger partial charge in [-0.15, -0.1) is 12.4 Å². The Kier molecular flexibility index (Phi) is 2.70. The summed E-state index contributed by atoms with van der Waals surface area (Å²) in [4.78, 5) is 12.4. The minimum absolute atomic E-state index is 0. The summed E-state index contributed by atoms with van der Waals surface area (Å²) in [5, 5.41) is 25.0. The molecule has 0 radical (unpaired) electrons. The van der Waals surface area contributed by atoms with E-state index in [1.54, 1.807) is 6.07 Å². The van der Waals surface area contributed by atoms with E-state index in [2.05, 4.69) is 5.32 Å². The number of piperidine rings is 1. The molecule has 0 amide bonds. The van der Waals surface area contributed by atoms with Crippen molar-refractivity contribution in [2.45, 2.75) is 48.8 Å². The van der Waals surface area contributed by atoms with Crippen molar-refractivity contribution < 1.29 is 19.7 Å². The zero-order chi connectivity index (χ0) is 14.4. The molecule has 2 aliphatic heterocycles. The number of carbonyl (C=O) groups excluding carboxylic acids is 1. The van der Waals surface area contributed by atoms with Crippen LogP contribution in [0.15, 0.2) is 12.1 Å². The highest BCUT2D eigenvalue weighted by atomic mass is 35.5. The lowest BCUT2D eigenvalue weighted by molar-refractivity contribution is -0.166. The van der Waals surface area contributed by atoms with Gasteiger partial charge in [-0.2, -0.15) is 0 Å². The molecular formula is C16H18ClNO4. The SMILES string of the molecule is Cl.O=C1CC[C@@]2(O)[C@H]3Cc4ccc(O)c5c4[C@@]2(CCN3)[C@H]1O5. The van der Waals surface area contributed by atoms with Gasteiger partial charge in [-0.3, -0.25) is 4.79 Å². The molecule has 1 aromatic carbocycles. The molecule has 3 N–H and O–H groups in total. The third-order valence-electron chi connectivity index (χ3n) is 6.08. The first-order valence-corrected chi connectivity index (χ1v) is 7.58. The Hall–Kier alpha value is -1.30. The molecule has 6 heteroatoms. The Labute approximate surface area is 134 Å². The molecule has 22 heavy (non-hydrogen) atoms. The molecule has 118 valence electrons. The number of hydrogen-bond donors (Lipinski definition) is 3. The minimum atomic E-state index is -0.962. The highest BCUT2D eigenvalue weighted by Crippen LogP contribution is 2.63. The number of hydrogen-bond acceptors (Lipinski definition) is 5. The first-order chi connectivity index (χ1) is 10.1. The summed E-state index contributed by atoms with van der Waals surface area (Å²) >= 11 is 0. The largest absolute Gasteiger partial charge is 0.504 e. The van der Waals surface area contributed by atoms with E-state index in [1.165, 1.54) is 0 Å². The van der Waals surface area contributed by atoms with E-state index < -0.39 is 17.1 Å². The van der Waals surface area contributed by atoms with Gasteiger partial charge in [-0.1, -0.05) is 6.07 Å². The van der Waals surface area contributed by atoms with Crippen molar-refractivity contribution in [3.63, 3.8) is 0 Å². The van der Waals surface area contributed by atoms with Gasteiger partial charge in [0.1, 0.15) is 0 Å². The van der Waals surface area contributed by atoms with Crippen molar-refractivity contribution in [2.75, 3.05) is 6.54 Å². The molecule has 4 aliphatic rings. The monoisotopic (exact) mass is 323 g/mol. The molecule has 5 nitrogen and oxygen atoms in total. The number of ketones is 1. The molecule has 1 aromatic rings. The maximum Gasteiger partial charge on any atom is 0.174 e. The molecule has 1 saturated heterocycles. The Bertz CT molecular complexity index is 693. The van der Waals surface area contributed by atoms with E-state index in [0.29, 0.717) is 31.4 Å². The number of phenolic OH excluding ortho intramolecular Hbond substituents is 1. The van der Waals surface area contributed by atoms with Crippen LogP contribution in [0.4, 0.5) is 0 Å². The third kappa shape index (κ3) is 1.28. The predicted octanol–water partition coefficient (Wildman–Crippen LogP) is 0.825. The van der Waals surface area contributed by atoms with Crippen LogP contribution in [-0.4, -0.2) is 40.3 Å². The number of phenols is 1. The fraction of sp³-hybridized carbons (Fsp3) is 0.562. The van der Waals surface area contributed by atoms with Crippen molar-refractivity contribution in [3.05, 3.63) is 23.3 Å². The molecule has 2 heterocycles. The minimum Gasteiger partial charge on any atom is -0.504 e. The molecule has 0 aromatic heterocycles. The van der Waals surface area contributed by atoms with Crippen molar-refractivity contribution in [1.29, 1.82) is 0 Å². The van der Waals surface area contributed by atoms with Crippen LogP contribution >= 0.6 is 12.4 Å². The first-order valence-electron chi connectivity index (χ1n) is 7.58. The average Bonchev–Trinajstić information content (AvgIpc) is 2.80.